The first-order valence-corrected chi connectivity index (χ1v) is 9.89. The van der Waals surface area contributed by atoms with Gasteiger partial charge >= 0.3 is 0 Å². The predicted octanol–water partition coefficient (Wildman–Crippen LogP) is 0.580. The van der Waals surface area contributed by atoms with Gasteiger partial charge in [-0.15, -0.1) is 0 Å². The number of nitrogens with one attached hydrogen (secondary N) is 1. The third kappa shape index (κ3) is 3.20. The van der Waals surface area contributed by atoms with Crippen LogP contribution in [-0.2, 0) is 16.1 Å². The number of hydrogen-bond donors (Lipinski definition) is 2. The first-order valence-electron chi connectivity index (χ1n) is 9.39. The molecule has 2 saturated carbocycles. The van der Waals surface area contributed by atoms with Crippen LogP contribution in [0.15, 0.2) is 12.3 Å². The van der Waals surface area contributed by atoms with E-state index in [0.29, 0.717) is 36.8 Å². The van der Waals surface area contributed by atoms with Crippen LogP contribution < -0.4 is 11.1 Å². The lowest BCUT2D eigenvalue weighted by molar-refractivity contribution is -0.123. The summed E-state index contributed by atoms with van der Waals surface area (Å²) >= 11 is 0. The van der Waals surface area contributed by atoms with Crippen molar-refractivity contribution in [2.75, 3.05) is 13.2 Å². The van der Waals surface area contributed by atoms with E-state index >= 15 is 0 Å². The molecule has 8 heteroatoms. The average Bonchev–Trinajstić information content (AvgIpc) is 3.14. The zero-order chi connectivity index (χ0) is 18.4. The molecule has 2 atom stereocenters. The van der Waals surface area contributed by atoms with Crippen LogP contribution >= 0.6 is 0 Å². The summed E-state index contributed by atoms with van der Waals surface area (Å²) in [6.07, 6.45) is 8.14. The number of carbonyl (C=O) groups excluding carboxylic acids is 2. The van der Waals surface area contributed by atoms with Crippen molar-refractivity contribution in [2.24, 2.45) is 23.0 Å². The standard InChI is InChI=1S/C18H25N4O3Si/c19-16(24)18(26,13-2-1-4-17(8-13)5-6-17)21-15(23)14-3-7-20-22(14)9-12-10-25-11-12/h3,7,12-13H,1-2,4-6,8-11H2,(H2,19,24)(H,21,23)/t13-,18-/m0/s1. The van der Waals surface area contributed by atoms with Gasteiger partial charge in [0.25, 0.3) is 5.91 Å². The minimum atomic E-state index is -1.22. The highest BCUT2D eigenvalue weighted by molar-refractivity contribution is 6.30. The third-order valence-electron chi connectivity index (χ3n) is 6.30. The fourth-order valence-electron chi connectivity index (χ4n) is 4.36. The Labute approximate surface area is 156 Å². The molecule has 1 spiro atoms. The largest absolute Gasteiger partial charge is 0.381 e. The summed E-state index contributed by atoms with van der Waals surface area (Å²) in [7, 11) is 3.59. The Morgan fingerprint density at radius 3 is 2.81 bits per heavy atom. The van der Waals surface area contributed by atoms with Crippen LogP contribution in [0.25, 0.3) is 0 Å². The lowest BCUT2D eigenvalue weighted by Crippen LogP contribution is -2.63. The number of ether oxygens (including phenoxy) is 1. The molecule has 2 heterocycles. The molecule has 4 rings (SSSR count). The molecule has 3 N–H and O–H groups in total. The van der Waals surface area contributed by atoms with Crippen molar-refractivity contribution in [2.45, 2.75) is 50.2 Å². The highest BCUT2D eigenvalue weighted by Gasteiger charge is 2.52. The summed E-state index contributed by atoms with van der Waals surface area (Å²) in [5.74, 6) is -0.483. The summed E-state index contributed by atoms with van der Waals surface area (Å²) in [5.41, 5.74) is 6.53. The Bertz CT molecular complexity index is 713. The van der Waals surface area contributed by atoms with E-state index in [1.54, 1.807) is 16.9 Å². The monoisotopic (exact) mass is 373 g/mol. The fourth-order valence-corrected chi connectivity index (χ4v) is 4.72. The van der Waals surface area contributed by atoms with Gasteiger partial charge in [-0.3, -0.25) is 14.3 Å². The van der Waals surface area contributed by atoms with Crippen molar-refractivity contribution < 1.29 is 14.3 Å². The molecule has 2 aliphatic carbocycles. The minimum absolute atomic E-state index is 0.00766. The zero-order valence-electron chi connectivity index (χ0n) is 14.9. The number of hydrogen-bond acceptors (Lipinski definition) is 4. The summed E-state index contributed by atoms with van der Waals surface area (Å²) in [6, 6.07) is 1.67. The molecular weight excluding hydrogens is 348 g/mol. The summed E-state index contributed by atoms with van der Waals surface area (Å²) in [4.78, 5) is 25.2. The van der Waals surface area contributed by atoms with E-state index in [0.717, 1.165) is 19.3 Å². The van der Waals surface area contributed by atoms with Gasteiger partial charge in [0.1, 0.15) is 10.9 Å². The van der Waals surface area contributed by atoms with Crippen LogP contribution in [0.2, 0.25) is 0 Å². The van der Waals surface area contributed by atoms with E-state index in [2.05, 4.69) is 20.7 Å². The Morgan fingerprint density at radius 1 is 1.42 bits per heavy atom. The van der Waals surface area contributed by atoms with Crippen LogP contribution in [0.3, 0.4) is 0 Å². The maximum atomic E-state index is 12.9. The Balaban J connectivity index is 1.50. The van der Waals surface area contributed by atoms with Crippen LogP contribution in [-0.4, -0.2) is 50.2 Å². The second kappa shape index (κ2) is 6.49. The molecule has 1 aromatic rings. The van der Waals surface area contributed by atoms with Gasteiger partial charge in [0, 0.05) is 18.7 Å². The van der Waals surface area contributed by atoms with Crippen molar-refractivity contribution in [1.82, 2.24) is 15.1 Å². The molecule has 1 aromatic heterocycles. The molecule has 3 radical (unpaired) electrons. The molecule has 0 unspecified atom stereocenters. The van der Waals surface area contributed by atoms with Crippen molar-refractivity contribution in [3.8, 4) is 0 Å². The predicted molar refractivity (Wildman–Crippen MR) is 95.3 cm³/mol. The summed E-state index contributed by atoms with van der Waals surface area (Å²) in [6.45, 7) is 2.01. The number of nitrogens with two attached hydrogens (primary N) is 1. The van der Waals surface area contributed by atoms with Crippen molar-refractivity contribution in [1.29, 1.82) is 0 Å². The molecular formula is C18H25N4O3Si. The zero-order valence-corrected chi connectivity index (χ0v) is 15.9. The van der Waals surface area contributed by atoms with Gasteiger partial charge in [-0.2, -0.15) is 5.10 Å². The van der Waals surface area contributed by atoms with Crippen molar-refractivity contribution in [3.63, 3.8) is 0 Å². The molecule has 7 nitrogen and oxygen atoms in total. The molecule has 0 aromatic carbocycles. The maximum Gasteiger partial charge on any atom is 0.270 e. The number of rotatable bonds is 6. The lowest BCUT2D eigenvalue weighted by atomic mass is 9.75. The maximum absolute atomic E-state index is 12.9. The normalized spacial score (nSPS) is 26.7. The topological polar surface area (TPSA) is 99.2 Å². The van der Waals surface area contributed by atoms with Crippen molar-refractivity contribution >= 4 is 22.1 Å². The quantitative estimate of drug-likeness (QED) is 0.713. The molecule has 1 saturated heterocycles. The van der Waals surface area contributed by atoms with E-state index in [9.17, 15) is 9.59 Å². The number of nitrogens with zero attached hydrogens (tertiary/aromatic N) is 2. The van der Waals surface area contributed by atoms with Gasteiger partial charge in [-0.1, -0.05) is 6.42 Å². The smallest absolute Gasteiger partial charge is 0.270 e. The number of amides is 2. The Morgan fingerprint density at radius 2 is 2.19 bits per heavy atom. The van der Waals surface area contributed by atoms with Gasteiger partial charge in [-0.05, 0) is 49.5 Å². The van der Waals surface area contributed by atoms with E-state index in [1.807, 2.05) is 0 Å². The molecule has 3 aliphatic rings. The number of primary amides is 1. The molecule has 3 fully saturated rings. The minimum Gasteiger partial charge on any atom is -0.381 e. The fraction of sp³-hybridized carbons (Fsp3) is 0.722. The molecule has 26 heavy (non-hydrogen) atoms. The number of carbonyl (C=O) groups is 2. The third-order valence-corrected chi connectivity index (χ3v) is 7.08. The van der Waals surface area contributed by atoms with Gasteiger partial charge < -0.3 is 15.8 Å². The summed E-state index contributed by atoms with van der Waals surface area (Å²) < 4.78 is 6.87. The SMILES string of the molecule is NC(=O)[C@]([Si])(NC(=O)c1ccnn1CC1COC1)[C@H]1CCCC2(CC2)C1. The number of aromatic nitrogens is 2. The lowest BCUT2D eigenvalue weighted by Gasteiger charge is -2.41. The van der Waals surface area contributed by atoms with Crippen LogP contribution in [0.1, 0.15) is 49.0 Å². The highest BCUT2D eigenvalue weighted by atomic mass is 28.1. The van der Waals surface area contributed by atoms with Gasteiger partial charge in [-0.25, -0.2) is 0 Å². The van der Waals surface area contributed by atoms with E-state index < -0.39 is 11.1 Å². The summed E-state index contributed by atoms with van der Waals surface area (Å²) in [5, 5.41) is 5.92. The molecule has 2 amide bonds. The van der Waals surface area contributed by atoms with E-state index in [-0.39, 0.29) is 11.8 Å². The van der Waals surface area contributed by atoms with E-state index in [1.165, 1.54) is 19.3 Å². The first-order chi connectivity index (χ1) is 12.4. The molecule has 139 valence electrons. The van der Waals surface area contributed by atoms with Crippen LogP contribution in [0, 0.1) is 17.3 Å². The molecule has 1 aliphatic heterocycles. The second-order valence-electron chi connectivity index (χ2n) is 8.22. The Kier molecular flexibility index (Phi) is 4.43. The Hall–Kier alpha value is -1.67. The average molecular weight is 374 g/mol. The van der Waals surface area contributed by atoms with Crippen molar-refractivity contribution in [3.05, 3.63) is 18.0 Å². The molecule has 0 bridgehead atoms. The highest BCUT2D eigenvalue weighted by Crippen LogP contribution is 2.58. The van der Waals surface area contributed by atoms with Crippen LogP contribution in [0.4, 0.5) is 0 Å². The van der Waals surface area contributed by atoms with Gasteiger partial charge in [0.2, 0.25) is 5.91 Å². The van der Waals surface area contributed by atoms with Crippen LogP contribution in [0.5, 0.6) is 0 Å². The van der Waals surface area contributed by atoms with Gasteiger partial charge in [0.05, 0.1) is 23.5 Å². The van der Waals surface area contributed by atoms with Gasteiger partial charge in [0.15, 0.2) is 0 Å². The first kappa shape index (κ1) is 17.7. The van der Waals surface area contributed by atoms with E-state index in [4.69, 9.17) is 10.5 Å². The second-order valence-corrected chi connectivity index (χ2v) is 9.01.